The number of rotatable bonds is 2. The summed E-state index contributed by atoms with van der Waals surface area (Å²) >= 11 is -1.63. The van der Waals surface area contributed by atoms with Gasteiger partial charge in [0.05, 0.1) is 18.2 Å². The van der Waals surface area contributed by atoms with Crippen molar-refractivity contribution in [2.45, 2.75) is 75.0 Å². The first-order chi connectivity index (χ1) is 23.6. The number of aliphatic hydroxyl groups excluding tert-OH is 2. The summed E-state index contributed by atoms with van der Waals surface area (Å²) in [5.74, 6) is 0. The molecule has 3 heterocycles. The normalized spacial score (nSPS) is 28.4. The Balaban J connectivity index is 0.000000141. The van der Waals surface area contributed by atoms with E-state index in [2.05, 4.69) is 107 Å². The Bertz CT molecular complexity index is 1780. The van der Waals surface area contributed by atoms with Gasteiger partial charge in [-0.05, 0) is 85.0 Å². The van der Waals surface area contributed by atoms with Gasteiger partial charge in [0.15, 0.2) is 0 Å². The quantitative estimate of drug-likeness (QED) is 0.227. The number of anilines is 4. The largest absolute Gasteiger partial charge is 0.390 e. The van der Waals surface area contributed by atoms with E-state index in [0.29, 0.717) is 6.42 Å². The van der Waals surface area contributed by atoms with E-state index in [4.69, 9.17) is 8.37 Å². The summed E-state index contributed by atoms with van der Waals surface area (Å²) in [7, 11) is 0. The number of hydrogen-bond donors (Lipinski definition) is 2. The van der Waals surface area contributed by atoms with E-state index >= 15 is 0 Å². The lowest BCUT2D eigenvalue weighted by Crippen LogP contribution is -2.50. The molecule has 7 atom stereocenters. The highest BCUT2D eigenvalue weighted by Gasteiger charge is 2.46. The lowest BCUT2D eigenvalue weighted by atomic mass is 9.88. The highest BCUT2D eigenvalue weighted by molar-refractivity contribution is 7.75. The van der Waals surface area contributed by atoms with Gasteiger partial charge in [-0.25, -0.2) is 0 Å². The third-order valence-electron chi connectivity index (χ3n) is 10.2. The van der Waals surface area contributed by atoms with Gasteiger partial charge in [-0.3, -0.25) is 8.37 Å². The van der Waals surface area contributed by atoms with Crippen molar-refractivity contribution in [2.24, 2.45) is 0 Å². The summed E-state index contributed by atoms with van der Waals surface area (Å²) in [6.45, 7) is 0. The molecule has 246 valence electrons. The molecule has 0 amide bonds. The predicted octanol–water partition coefficient (Wildman–Crippen LogP) is 7.81. The second kappa shape index (κ2) is 13.5. The number of aliphatic hydroxyl groups is 2. The zero-order valence-electron chi connectivity index (χ0n) is 26.7. The van der Waals surface area contributed by atoms with E-state index in [9.17, 15) is 14.4 Å². The maximum atomic E-state index is 11.8. The zero-order valence-corrected chi connectivity index (χ0v) is 27.5. The molecule has 4 aromatic carbocycles. The van der Waals surface area contributed by atoms with E-state index in [1.54, 1.807) is 0 Å². The smallest absolute Gasteiger partial charge is 0.305 e. The molecule has 3 fully saturated rings. The number of fused-ring (bicyclic) bond motifs is 5. The molecule has 48 heavy (non-hydrogen) atoms. The van der Waals surface area contributed by atoms with Crippen LogP contribution in [0.3, 0.4) is 0 Å². The molecule has 0 aromatic heterocycles. The Morgan fingerprint density at radius 1 is 0.542 bits per heavy atom. The Labute approximate surface area is 284 Å². The molecule has 2 aliphatic carbocycles. The molecule has 8 heteroatoms. The lowest BCUT2D eigenvalue weighted by Gasteiger charge is -2.41. The van der Waals surface area contributed by atoms with Crippen LogP contribution in [-0.2, 0) is 19.7 Å². The SMILES string of the molecule is O=S1O[C@H]2[C@H](N3c4ccccc4C=Cc4ccccc43)CCC[C@H]2O1.O[C@@H]1[C@H](O)CCC[C@H]1N1c2ccccc2C=Cc2ccccc21. The fourth-order valence-corrected chi connectivity index (χ4v) is 8.85. The molecule has 2 N–H and O–H groups in total. The average Bonchev–Trinajstić information content (AvgIpc) is 3.32. The summed E-state index contributed by atoms with van der Waals surface area (Å²) < 4.78 is 23.0. The van der Waals surface area contributed by atoms with Crippen molar-refractivity contribution in [3.05, 3.63) is 119 Å². The van der Waals surface area contributed by atoms with Gasteiger partial charge < -0.3 is 20.0 Å². The summed E-state index contributed by atoms with van der Waals surface area (Å²) in [5, 5.41) is 20.8. The second-order valence-electron chi connectivity index (χ2n) is 13.1. The van der Waals surface area contributed by atoms with Crippen molar-refractivity contribution >= 4 is 58.4 Å². The van der Waals surface area contributed by atoms with E-state index in [1.165, 1.54) is 11.1 Å². The van der Waals surface area contributed by atoms with Gasteiger partial charge >= 0.3 is 11.4 Å². The van der Waals surface area contributed by atoms with Gasteiger partial charge in [0, 0.05) is 22.7 Å². The summed E-state index contributed by atoms with van der Waals surface area (Å²) in [6.07, 6.45) is 12.4. The van der Waals surface area contributed by atoms with Crippen LogP contribution in [0.4, 0.5) is 22.7 Å². The number of nitrogens with zero attached hydrogens (tertiary/aromatic N) is 2. The monoisotopic (exact) mass is 660 g/mol. The van der Waals surface area contributed by atoms with Crippen LogP contribution in [0.5, 0.6) is 0 Å². The zero-order chi connectivity index (χ0) is 32.6. The molecule has 5 aliphatic rings. The third-order valence-corrected chi connectivity index (χ3v) is 11.0. The summed E-state index contributed by atoms with van der Waals surface area (Å²) in [4.78, 5) is 4.59. The van der Waals surface area contributed by atoms with Crippen molar-refractivity contribution in [1.29, 1.82) is 0 Å². The lowest BCUT2D eigenvalue weighted by molar-refractivity contribution is -0.0204. The predicted molar refractivity (Wildman–Crippen MR) is 193 cm³/mol. The van der Waals surface area contributed by atoms with Crippen molar-refractivity contribution < 1.29 is 22.8 Å². The minimum atomic E-state index is -1.63. The van der Waals surface area contributed by atoms with Crippen molar-refractivity contribution in [3.8, 4) is 0 Å². The maximum Gasteiger partial charge on any atom is 0.305 e. The molecule has 4 aromatic rings. The van der Waals surface area contributed by atoms with Crippen LogP contribution in [0.15, 0.2) is 97.1 Å². The molecule has 0 radical (unpaired) electrons. The minimum absolute atomic E-state index is 0.0879. The topological polar surface area (TPSA) is 82.5 Å². The molecular formula is C40H40N2O5S. The first-order valence-corrected chi connectivity index (χ1v) is 18.0. The fourth-order valence-electron chi connectivity index (χ4n) is 7.96. The molecule has 0 spiro atoms. The average molecular weight is 661 g/mol. The van der Waals surface area contributed by atoms with Crippen LogP contribution in [0.25, 0.3) is 24.3 Å². The highest BCUT2D eigenvalue weighted by Crippen LogP contribution is 2.44. The number of hydrogen-bond acceptors (Lipinski definition) is 7. The maximum absolute atomic E-state index is 11.8. The second-order valence-corrected chi connectivity index (χ2v) is 13.9. The van der Waals surface area contributed by atoms with Crippen molar-refractivity contribution in [1.82, 2.24) is 0 Å². The molecule has 9 rings (SSSR count). The van der Waals surface area contributed by atoms with Gasteiger partial charge in [0.2, 0.25) is 0 Å². The molecule has 3 aliphatic heterocycles. The minimum Gasteiger partial charge on any atom is -0.390 e. The Kier molecular flexibility index (Phi) is 8.75. The van der Waals surface area contributed by atoms with Crippen LogP contribution in [0.2, 0.25) is 0 Å². The van der Waals surface area contributed by atoms with Crippen LogP contribution >= 0.6 is 0 Å². The van der Waals surface area contributed by atoms with Gasteiger partial charge in [0.25, 0.3) is 0 Å². The van der Waals surface area contributed by atoms with Gasteiger partial charge in [-0.2, -0.15) is 4.21 Å². The van der Waals surface area contributed by atoms with E-state index in [0.717, 1.165) is 66.0 Å². The fraction of sp³-hybridized carbons (Fsp3) is 0.300. The number of para-hydroxylation sites is 4. The van der Waals surface area contributed by atoms with E-state index in [-0.39, 0.29) is 24.3 Å². The Morgan fingerprint density at radius 3 is 1.46 bits per heavy atom. The standard InChI is InChI=1S/C20H19NO3S.C20H21NO2/c22-25-23-19-11-5-10-18(20(19)24-25)21-16-8-3-1-6-14(16)12-13-15-7-2-4-9-17(15)21;22-19-11-5-10-18(20(19)23)21-16-8-3-1-6-14(16)12-13-15-7-2-4-9-17(15)21/h1-4,6-9,12-13,18-20H,5,10-11H2;1-4,6-9,12-13,18-20,22-23H,5,10-11H2/t18-,19-,20+,25?;18-,19-,20+/m11/s1. The van der Waals surface area contributed by atoms with Crippen LogP contribution in [0.1, 0.15) is 60.8 Å². The Hall–Kier alpha value is -4.05. The molecule has 7 nitrogen and oxygen atoms in total. The molecule has 0 bridgehead atoms. The van der Waals surface area contributed by atoms with Crippen LogP contribution in [0, 0.1) is 0 Å². The van der Waals surface area contributed by atoms with E-state index in [1.807, 2.05) is 24.3 Å². The molecule has 1 unspecified atom stereocenters. The van der Waals surface area contributed by atoms with E-state index < -0.39 is 23.6 Å². The van der Waals surface area contributed by atoms with Gasteiger partial charge in [-0.15, -0.1) is 0 Å². The van der Waals surface area contributed by atoms with Crippen LogP contribution in [-0.4, -0.2) is 50.9 Å². The molecular weight excluding hydrogens is 621 g/mol. The molecule has 1 saturated heterocycles. The third kappa shape index (κ3) is 5.82. The summed E-state index contributed by atoms with van der Waals surface area (Å²) in [6, 6.07) is 33.3. The highest BCUT2D eigenvalue weighted by atomic mass is 32.2. The van der Waals surface area contributed by atoms with Crippen molar-refractivity contribution in [3.63, 3.8) is 0 Å². The van der Waals surface area contributed by atoms with Crippen molar-refractivity contribution in [2.75, 3.05) is 9.80 Å². The Morgan fingerprint density at radius 2 is 0.958 bits per heavy atom. The van der Waals surface area contributed by atoms with Gasteiger partial charge in [-0.1, -0.05) is 97.1 Å². The summed E-state index contributed by atoms with van der Waals surface area (Å²) in [5.41, 5.74) is 9.14. The molecule has 2 saturated carbocycles. The first kappa shape index (κ1) is 31.2. The number of benzene rings is 4. The van der Waals surface area contributed by atoms with Gasteiger partial charge in [0.1, 0.15) is 18.3 Å². The van der Waals surface area contributed by atoms with Crippen LogP contribution < -0.4 is 9.80 Å². The first-order valence-electron chi connectivity index (χ1n) is 17.0.